The van der Waals surface area contributed by atoms with Crippen LogP contribution < -0.4 is 36.3 Å². The third kappa shape index (κ3) is 7.27. The molecule has 2 amide bonds. The lowest BCUT2D eigenvalue weighted by Gasteiger charge is -2.16. The lowest BCUT2D eigenvalue weighted by Crippen LogP contribution is -2.41. The number of amides is 2. The highest BCUT2D eigenvalue weighted by atomic mass is 16.5. The Morgan fingerprint density at radius 2 is 1.61 bits per heavy atom. The Morgan fingerprint density at radius 3 is 2.23 bits per heavy atom. The Morgan fingerprint density at radius 1 is 0.932 bits per heavy atom. The number of H-pyrrole nitrogens is 1. The minimum Gasteiger partial charge on any atom is -0.493 e. The van der Waals surface area contributed by atoms with Gasteiger partial charge < -0.3 is 46.4 Å². The van der Waals surface area contributed by atoms with Crippen molar-refractivity contribution in [1.29, 1.82) is 0 Å². The Bertz CT molecular complexity index is 1630. The van der Waals surface area contributed by atoms with Crippen LogP contribution in [0.4, 0.5) is 11.8 Å². The molecule has 1 atom stereocenters. The second kappa shape index (κ2) is 14.1. The van der Waals surface area contributed by atoms with Gasteiger partial charge in [0.25, 0.3) is 11.8 Å². The molecule has 2 heterocycles. The number of carboxylic acid groups (broad SMARTS) is 1. The van der Waals surface area contributed by atoms with Gasteiger partial charge in [0.2, 0.25) is 11.7 Å². The van der Waals surface area contributed by atoms with Gasteiger partial charge in [0, 0.05) is 23.9 Å². The fraction of sp³-hybridized carbons (Fsp3) is 0.300. The summed E-state index contributed by atoms with van der Waals surface area (Å²) in [6.07, 6.45) is 3.56. The van der Waals surface area contributed by atoms with Crippen molar-refractivity contribution in [2.75, 3.05) is 39.3 Å². The fourth-order valence-electron chi connectivity index (χ4n) is 4.77. The van der Waals surface area contributed by atoms with E-state index in [0.29, 0.717) is 53.5 Å². The van der Waals surface area contributed by atoms with Crippen LogP contribution in [0.25, 0.3) is 11.0 Å². The highest BCUT2D eigenvalue weighted by molar-refractivity contribution is 5.97. The summed E-state index contributed by atoms with van der Waals surface area (Å²) in [6, 6.07) is 8.83. The van der Waals surface area contributed by atoms with Crippen molar-refractivity contribution in [2.24, 2.45) is 0 Å². The molecule has 0 spiro atoms. The van der Waals surface area contributed by atoms with Gasteiger partial charge in [-0.2, -0.15) is 9.97 Å². The van der Waals surface area contributed by atoms with Gasteiger partial charge in [-0.3, -0.25) is 9.59 Å². The van der Waals surface area contributed by atoms with Crippen LogP contribution in [0.5, 0.6) is 17.2 Å². The summed E-state index contributed by atoms with van der Waals surface area (Å²) in [6.45, 7) is 0.186. The lowest BCUT2D eigenvalue weighted by molar-refractivity contribution is -0.139. The summed E-state index contributed by atoms with van der Waals surface area (Å²) in [5, 5.41) is 15.7. The smallest absolute Gasteiger partial charge is 0.326 e. The summed E-state index contributed by atoms with van der Waals surface area (Å²) >= 11 is 0. The average molecular weight is 606 g/mol. The number of hydrogen-bond acceptors (Lipinski definition) is 10. The SMILES string of the molecule is COc1cc(C(=O)NCCC[C@H](NC(=O)c2ccc(CCc3c[nH]c4nc(N)nc(N)c34)cc2)C(=O)O)cc(OC)c1OC. The van der Waals surface area contributed by atoms with Crippen LogP contribution in [-0.4, -0.2) is 71.8 Å². The molecular weight excluding hydrogens is 570 g/mol. The van der Waals surface area contributed by atoms with E-state index in [1.54, 1.807) is 12.1 Å². The maximum absolute atomic E-state index is 12.8. The molecule has 0 radical (unpaired) electrons. The van der Waals surface area contributed by atoms with Gasteiger partial charge in [-0.1, -0.05) is 12.1 Å². The molecule has 14 heteroatoms. The van der Waals surface area contributed by atoms with Crippen molar-refractivity contribution in [3.63, 3.8) is 0 Å². The van der Waals surface area contributed by atoms with Gasteiger partial charge in [-0.25, -0.2) is 4.79 Å². The number of carboxylic acids is 1. The van der Waals surface area contributed by atoms with Crippen molar-refractivity contribution in [3.8, 4) is 17.2 Å². The number of aromatic amines is 1. The summed E-state index contributed by atoms with van der Waals surface area (Å²) < 4.78 is 15.8. The number of benzene rings is 2. The van der Waals surface area contributed by atoms with Crippen LogP contribution in [0, 0.1) is 0 Å². The predicted octanol–water partition coefficient (Wildman–Crippen LogP) is 2.33. The van der Waals surface area contributed by atoms with Crippen molar-refractivity contribution < 1.29 is 33.7 Å². The highest BCUT2D eigenvalue weighted by Crippen LogP contribution is 2.38. The zero-order valence-corrected chi connectivity index (χ0v) is 24.6. The van der Waals surface area contributed by atoms with Crippen molar-refractivity contribution in [1.82, 2.24) is 25.6 Å². The van der Waals surface area contributed by atoms with Crippen molar-refractivity contribution in [2.45, 2.75) is 31.7 Å². The zero-order chi connectivity index (χ0) is 31.8. The number of nitrogens with two attached hydrogens (primary N) is 2. The van der Waals surface area contributed by atoms with Gasteiger partial charge in [-0.15, -0.1) is 0 Å². The number of methoxy groups -OCH3 is 3. The minimum absolute atomic E-state index is 0.0987. The first-order valence-electron chi connectivity index (χ1n) is 13.7. The number of carbonyl (C=O) groups is 3. The second-order valence-corrected chi connectivity index (χ2v) is 9.88. The normalized spacial score (nSPS) is 11.5. The molecule has 44 heavy (non-hydrogen) atoms. The number of rotatable bonds is 14. The van der Waals surface area contributed by atoms with Crippen molar-refractivity contribution >= 4 is 40.6 Å². The maximum Gasteiger partial charge on any atom is 0.326 e. The van der Waals surface area contributed by atoms with Gasteiger partial charge in [0.15, 0.2) is 11.5 Å². The summed E-state index contributed by atoms with van der Waals surface area (Å²) in [5.41, 5.74) is 14.8. The number of aryl methyl sites for hydroxylation is 2. The second-order valence-electron chi connectivity index (χ2n) is 9.88. The molecule has 0 fully saturated rings. The van der Waals surface area contributed by atoms with Crippen LogP contribution in [0.15, 0.2) is 42.6 Å². The Labute approximate surface area is 253 Å². The molecule has 0 bridgehead atoms. The summed E-state index contributed by atoms with van der Waals surface area (Å²) in [7, 11) is 4.36. The number of nitrogens with one attached hydrogen (secondary N) is 3. The minimum atomic E-state index is -1.17. The van der Waals surface area contributed by atoms with Gasteiger partial charge in [0.05, 0.1) is 26.7 Å². The topological polar surface area (TPSA) is 217 Å². The number of nitrogens with zero attached hydrogens (tertiary/aromatic N) is 2. The van der Waals surface area contributed by atoms with E-state index in [9.17, 15) is 19.5 Å². The third-order valence-electron chi connectivity index (χ3n) is 7.04. The summed E-state index contributed by atoms with van der Waals surface area (Å²) in [4.78, 5) is 48.6. The van der Waals surface area contributed by atoms with E-state index in [0.717, 1.165) is 16.5 Å². The number of carbonyl (C=O) groups excluding carboxylic acids is 2. The standard InChI is InChI=1S/C30H35N7O7/c1-42-21-13-19(14-22(43-2)24(21)44-3)27(38)33-12-4-5-20(29(40)41)35-28(39)17-9-6-16(7-10-17)8-11-18-15-34-26-23(18)25(31)36-30(32)37-26/h6-7,9-10,13-15,20H,4-5,8,11-12H2,1-3H3,(H,33,38)(H,35,39)(H,40,41)(H5,31,32,34,36,37)/t20-/m0/s1. The maximum atomic E-state index is 12.8. The van der Waals surface area contributed by atoms with Gasteiger partial charge >= 0.3 is 5.97 Å². The average Bonchev–Trinajstić information content (AvgIpc) is 3.43. The van der Waals surface area contributed by atoms with E-state index in [-0.39, 0.29) is 24.5 Å². The molecule has 232 valence electrons. The Hall–Kier alpha value is -5.53. The highest BCUT2D eigenvalue weighted by Gasteiger charge is 2.21. The Kier molecular flexibility index (Phi) is 10.1. The quantitative estimate of drug-likeness (QED) is 0.115. The molecule has 8 N–H and O–H groups in total. The Balaban J connectivity index is 1.28. The number of fused-ring (bicyclic) bond motifs is 1. The first-order chi connectivity index (χ1) is 21.1. The predicted molar refractivity (Wildman–Crippen MR) is 163 cm³/mol. The number of anilines is 2. The molecule has 0 aliphatic heterocycles. The lowest BCUT2D eigenvalue weighted by atomic mass is 10.0. The molecule has 0 aliphatic carbocycles. The molecule has 4 aromatic rings. The molecule has 4 rings (SSSR count). The van der Waals surface area contributed by atoms with E-state index in [4.69, 9.17) is 25.7 Å². The third-order valence-corrected chi connectivity index (χ3v) is 7.04. The van der Waals surface area contributed by atoms with E-state index < -0.39 is 23.8 Å². The number of aliphatic carboxylic acids is 1. The van der Waals surface area contributed by atoms with Crippen LogP contribution in [0.1, 0.15) is 44.7 Å². The van der Waals surface area contributed by atoms with E-state index >= 15 is 0 Å². The molecule has 0 unspecified atom stereocenters. The number of nitrogen functional groups attached to an aromatic ring is 2. The van der Waals surface area contributed by atoms with Crippen LogP contribution in [-0.2, 0) is 17.6 Å². The molecular formula is C30H35N7O7. The summed E-state index contributed by atoms with van der Waals surface area (Å²) in [5.74, 6) is -0.644. The number of hydrogen-bond donors (Lipinski definition) is 6. The van der Waals surface area contributed by atoms with Crippen LogP contribution in [0.3, 0.4) is 0 Å². The van der Waals surface area contributed by atoms with Crippen LogP contribution >= 0.6 is 0 Å². The van der Waals surface area contributed by atoms with E-state index in [1.165, 1.54) is 33.5 Å². The fourth-order valence-corrected chi connectivity index (χ4v) is 4.77. The number of aromatic nitrogens is 3. The van der Waals surface area contributed by atoms with Gasteiger partial charge in [-0.05, 0) is 61.1 Å². The van der Waals surface area contributed by atoms with Crippen molar-refractivity contribution in [3.05, 3.63) is 64.8 Å². The monoisotopic (exact) mass is 605 g/mol. The van der Waals surface area contributed by atoms with Crippen LogP contribution in [0.2, 0.25) is 0 Å². The molecule has 0 aliphatic rings. The molecule has 2 aromatic heterocycles. The largest absolute Gasteiger partial charge is 0.493 e. The molecule has 0 saturated heterocycles. The molecule has 0 saturated carbocycles. The first kappa shape index (κ1) is 31.4. The van der Waals surface area contributed by atoms with E-state index in [1.807, 2.05) is 18.3 Å². The zero-order valence-electron chi connectivity index (χ0n) is 24.6. The number of ether oxygens (including phenoxy) is 3. The molecule has 14 nitrogen and oxygen atoms in total. The molecule has 2 aromatic carbocycles. The van der Waals surface area contributed by atoms with E-state index in [2.05, 4.69) is 25.6 Å². The van der Waals surface area contributed by atoms with Gasteiger partial charge in [0.1, 0.15) is 17.5 Å². The first-order valence-corrected chi connectivity index (χ1v) is 13.7.